The maximum Gasteiger partial charge on any atom is 0.295 e. The highest BCUT2D eigenvalue weighted by Gasteiger charge is 2.50. The Morgan fingerprint density at radius 2 is 1.73 bits per heavy atom. The molecule has 12 heteroatoms. The summed E-state index contributed by atoms with van der Waals surface area (Å²) < 4.78 is 41.9. The van der Waals surface area contributed by atoms with E-state index in [1.54, 1.807) is 6.07 Å². The first-order chi connectivity index (χ1) is 12.3. The molecule has 1 saturated heterocycles. The molecule has 1 aliphatic rings. The third kappa shape index (κ3) is 3.80. The highest BCUT2D eigenvalue weighted by molar-refractivity contribution is 7.86. The molecule has 11 nitrogen and oxygen atoms in total. The van der Waals surface area contributed by atoms with Gasteiger partial charge in [0.15, 0.2) is 5.82 Å². The van der Waals surface area contributed by atoms with Crippen molar-refractivity contribution in [1.29, 1.82) is 0 Å². The van der Waals surface area contributed by atoms with Gasteiger partial charge in [-0.25, -0.2) is 9.97 Å². The smallest absolute Gasteiger partial charge is 0.295 e. The van der Waals surface area contributed by atoms with E-state index in [1.165, 1.54) is 30.9 Å². The van der Waals surface area contributed by atoms with E-state index in [-0.39, 0.29) is 5.75 Å². The number of rotatable bonds is 4. The van der Waals surface area contributed by atoms with Crippen molar-refractivity contribution in [2.24, 2.45) is 0 Å². The highest BCUT2D eigenvalue weighted by Crippen LogP contribution is 2.27. The monoisotopic (exact) mass is 385 g/mol. The fourth-order valence-electron chi connectivity index (χ4n) is 2.35. The largest absolute Gasteiger partial charge is 0.460 e. The molecular formula is C14H15N3O8S. The van der Waals surface area contributed by atoms with Gasteiger partial charge in [0, 0.05) is 24.2 Å². The molecule has 0 amide bonds. The van der Waals surface area contributed by atoms with Gasteiger partial charge in [0.1, 0.15) is 24.1 Å². The van der Waals surface area contributed by atoms with Crippen molar-refractivity contribution in [1.82, 2.24) is 15.0 Å². The average Bonchev–Trinajstić information content (AvgIpc) is 2.62. The minimum atomic E-state index is -4.87. The lowest BCUT2D eigenvalue weighted by Crippen LogP contribution is -2.61. The van der Waals surface area contributed by atoms with E-state index in [9.17, 15) is 23.7 Å². The maximum atomic E-state index is 11.3. The van der Waals surface area contributed by atoms with E-state index in [1.807, 2.05) is 0 Å². The zero-order valence-electron chi connectivity index (χ0n) is 13.0. The Kier molecular flexibility index (Phi) is 5.13. The van der Waals surface area contributed by atoms with E-state index < -0.39 is 40.2 Å². The summed E-state index contributed by atoms with van der Waals surface area (Å²) in [5.74, 6) is 0.401. The van der Waals surface area contributed by atoms with E-state index in [0.717, 1.165) is 0 Å². The number of hydrogen-bond acceptors (Lipinski definition) is 10. The number of hydrogen-bond donors (Lipinski definition) is 4. The molecule has 0 saturated carbocycles. The molecular weight excluding hydrogens is 370 g/mol. The fourth-order valence-corrected chi connectivity index (χ4v) is 3.11. The van der Waals surface area contributed by atoms with Crippen molar-refractivity contribution in [2.45, 2.75) is 30.0 Å². The highest BCUT2D eigenvalue weighted by atomic mass is 32.2. The van der Waals surface area contributed by atoms with E-state index in [0.29, 0.717) is 11.4 Å². The van der Waals surface area contributed by atoms with E-state index in [4.69, 9.17) is 14.0 Å². The van der Waals surface area contributed by atoms with E-state index in [2.05, 4.69) is 15.0 Å². The van der Waals surface area contributed by atoms with Crippen LogP contribution < -0.4 is 4.74 Å². The van der Waals surface area contributed by atoms with Crippen LogP contribution in [-0.2, 0) is 14.9 Å². The van der Waals surface area contributed by atoms with E-state index >= 15 is 0 Å². The van der Waals surface area contributed by atoms with Crippen molar-refractivity contribution in [3.8, 4) is 17.1 Å². The summed E-state index contributed by atoms with van der Waals surface area (Å²) in [5.41, 5.74) is -1.71. The molecule has 140 valence electrons. The molecule has 0 spiro atoms. The number of ether oxygens (including phenoxy) is 2. The number of aliphatic hydroxyl groups excluding tert-OH is 3. The molecule has 0 aromatic carbocycles. The molecule has 0 radical (unpaired) electrons. The zero-order valence-corrected chi connectivity index (χ0v) is 13.8. The van der Waals surface area contributed by atoms with Crippen LogP contribution in [0, 0.1) is 0 Å². The first-order valence-electron chi connectivity index (χ1n) is 7.32. The van der Waals surface area contributed by atoms with Gasteiger partial charge in [-0.2, -0.15) is 8.42 Å². The van der Waals surface area contributed by atoms with Crippen molar-refractivity contribution < 1.29 is 37.8 Å². The minimum Gasteiger partial charge on any atom is -0.460 e. The van der Waals surface area contributed by atoms with Crippen molar-refractivity contribution in [2.75, 3.05) is 0 Å². The van der Waals surface area contributed by atoms with Crippen LogP contribution >= 0.6 is 0 Å². The lowest BCUT2D eigenvalue weighted by Gasteiger charge is -2.38. The summed E-state index contributed by atoms with van der Waals surface area (Å²) in [6.45, 7) is 0. The number of aromatic nitrogens is 3. The maximum absolute atomic E-state index is 11.3. The third-order valence-electron chi connectivity index (χ3n) is 3.61. The Balaban J connectivity index is 1.84. The van der Waals surface area contributed by atoms with Gasteiger partial charge in [-0.1, -0.05) is 0 Å². The Labute approximate surface area is 147 Å². The molecule has 2 aromatic heterocycles. The Morgan fingerprint density at radius 3 is 2.38 bits per heavy atom. The van der Waals surface area contributed by atoms with Crippen LogP contribution in [0.3, 0.4) is 0 Å². The van der Waals surface area contributed by atoms with Gasteiger partial charge in [0.2, 0.25) is 11.7 Å². The average molecular weight is 385 g/mol. The Bertz CT molecular complexity index is 866. The molecule has 3 rings (SSSR count). The predicted molar refractivity (Wildman–Crippen MR) is 84.1 cm³/mol. The predicted octanol–water partition coefficient (Wildman–Crippen LogP) is -1.43. The van der Waals surface area contributed by atoms with Gasteiger partial charge in [0.05, 0.1) is 6.20 Å². The molecule has 3 heterocycles. The van der Waals surface area contributed by atoms with Crippen LogP contribution in [0.1, 0.15) is 0 Å². The number of nitrogens with zero attached hydrogens (tertiary/aromatic N) is 3. The van der Waals surface area contributed by atoms with Crippen molar-refractivity contribution in [3.05, 3.63) is 36.9 Å². The normalized spacial score (nSPS) is 29.3. The van der Waals surface area contributed by atoms with Crippen LogP contribution in [0.4, 0.5) is 0 Å². The summed E-state index contributed by atoms with van der Waals surface area (Å²) in [7, 11) is -4.87. The third-order valence-corrected chi connectivity index (χ3v) is 4.59. The zero-order chi connectivity index (χ0) is 18.9. The second-order valence-corrected chi connectivity index (χ2v) is 6.95. The lowest BCUT2D eigenvalue weighted by molar-refractivity contribution is -0.254. The second-order valence-electron chi connectivity index (χ2n) is 5.46. The summed E-state index contributed by atoms with van der Waals surface area (Å²) in [6.07, 6.45) is -1.68. The van der Waals surface area contributed by atoms with Crippen LogP contribution in [-0.4, -0.2) is 73.3 Å². The quantitative estimate of drug-likeness (QED) is 0.455. The van der Waals surface area contributed by atoms with Crippen molar-refractivity contribution >= 4 is 10.1 Å². The molecule has 2 aromatic rings. The Hall–Kier alpha value is -2.22. The summed E-state index contributed by atoms with van der Waals surface area (Å²) in [4.78, 5) is 12.0. The Morgan fingerprint density at radius 1 is 1.04 bits per heavy atom. The summed E-state index contributed by atoms with van der Waals surface area (Å²) in [6, 6.07) is 3.09. The lowest BCUT2D eigenvalue weighted by atomic mass is 10.1. The molecule has 0 bridgehead atoms. The molecule has 4 N–H and O–H groups in total. The van der Waals surface area contributed by atoms with Gasteiger partial charge in [-0.3, -0.25) is 9.54 Å². The molecule has 5 atom stereocenters. The summed E-state index contributed by atoms with van der Waals surface area (Å²) in [5, 5.41) is 29.4. The van der Waals surface area contributed by atoms with Crippen LogP contribution in [0.15, 0.2) is 36.9 Å². The van der Waals surface area contributed by atoms with Crippen LogP contribution in [0.2, 0.25) is 0 Å². The van der Waals surface area contributed by atoms with Crippen LogP contribution in [0.25, 0.3) is 11.4 Å². The fraction of sp³-hybridized carbons (Fsp3) is 0.357. The summed E-state index contributed by atoms with van der Waals surface area (Å²) >= 11 is 0. The van der Waals surface area contributed by atoms with Gasteiger partial charge in [-0.05, 0) is 12.1 Å². The molecule has 26 heavy (non-hydrogen) atoms. The second kappa shape index (κ2) is 7.19. The topological polar surface area (TPSA) is 172 Å². The standard InChI is InChI=1S/C14H15N3O8S/c18-9-10(19)13(25-14(11(9)20)26(21,22)23)24-8-4-7(5-15-6-8)12-16-2-1-3-17-12/h1-6,9-11,13-14,18-20H,(H,21,22,23)/t9-,10-,11+,13-,14?/m1/s1. The van der Waals surface area contributed by atoms with Crippen molar-refractivity contribution in [3.63, 3.8) is 0 Å². The molecule has 1 fully saturated rings. The van der Waals surface area contributed by atoms with Gasteiger partial charge in [0.25, 0.3) is 10.1 Å². The SMILES string of the molecule is O=S(=O)(O)C1O[C@@H](Oc2cncc(-c3ncccn3)c2)[C@H](O)[C@@H](O)[C@@H]1O. The van der Waals surface area contributed by atoms with Gasteiger partial charge in [-0.15, -0.1) is 0 Å². The molecule has 1 unspecified atom stereocenters. The first kappa shape index (κ1) is 18.6. The molecule has 1 aliphatic heterocycles. The van der Waals surface area contributed by atoms with Crippen LogP contribution in [0.5, 0.6) is 5.75 Å². The molecule has 0 aliphatic carbocycles. The number of aliphatic hydroxyl groups is 3. The van der Waals surface area contributed by atoms with Gasteiger partial charge < -0.3 is 24.8 Å². The first-order valence-corrected chi connectivity index (χ1v) is 8.83. The number of pyridine rings is 1. The van der Waals surface area contributed by atoms with Gasteiger partial charge >= 0.3 is 0 Å². The minimum absolute atomic E-state index is 0.0525.